The van der Waals surface area contributed by atoms with Gasteiger partial charge in [-0.05, 0) is 19.3 Å². The summed E-state index contributed by atoms with van der Waals surface area (Å²) in [7, 11) is 0. The van der Waals surface area contributed by atoms with Gasteiger partial charge < -0.3 is 5.11 Å². The van der Waals surface area contributed by atoms with Gasteiger partial charge in [-0.2, -0.15) is 0 Å². The highest BCUT2D eigenvalue weighted by Gasteiger charge is 2.31. The van der Waals surface area contributed by atoms with Crippen LogP contribution in [0.1, 0.15) is 52.4 Å². The minimum atomic E-state index is -0.365. The highest BCUT2D eigenvalue weighted by molar-refractivity contribution is 5.83. The van der Waals surface area contributed by atoms with Gasteiger partial charge in [0, 0.05) is 11.8 Å². The molecule has 0 aromatic heterocycles. The van der Waals surface area contributed by atoms with Gasteiger partial charge in [0.2, 0.25) is 0 Å². The van der Waals surface area contributed by atoms with Crippen LogP contribution in [-0.4, -0.2) is 17.0 Å². The fourth-order valence-electron chi connectivity index (χ4n) is 2.38. The SMILES string of the molecule is CCCC(C)C(=O)C1CCCCC1O. The van der Waals surface area contributed by atoms with Crippen LogP contribution in [0.2, 0.25) is 0 Å². The zero-order valence-electron chi connectivity index (χ0n) is 9.33. The van der Waals surface area contributed by atoms with Gasteiger partial charge >= 0.3 is 0 Å². The van der Waals surface area contributed by atoms with Crippen LogP contribution in [0.15, 0.2) is 0 Å². The predicted octanol–water partition coefficient (Wildman–Crippen LogP) is 2.54. The average Bonchev–Trinajstić information content (AvgIpc) is 2.18. The normalized spacial score (nSPS) is 29.9. The van der Waals surface area contributed by atoms with Crippen molar-refractivity contribution in [2.24, 2.45) is 11.8 Å². The van der Waals surface area contributed by atoms with Crippen LogP contribution in [0.3, 0.4) is 0 Å². The minimum absolute atomic E-state index is 0.0645. The van der Waals surface area contributed by atoms with E-state index in [0.29, 0.717) is 5.78 Å². The Bertz CT molecular complexity index is 189. The molecule has 1 N–H and O–H groups in total. The number of Topliss-reactive ketones (excluding diaryl/α,β-unsaturated/α-hetero) is 1. The van der Waals surface area contributed by atoms with Crippen LogP contribution in [0.5, 0.6) is 0 Å². The molecule has 14 heavy (non-hydrogen) atoms. The molecule has 1 fully saturated rings. The first-order valence-corrected chi connectivity index (χ1v) is 5.88. The van der Waals surface area contributed by atoms with E-state index in [1.807, 2.05) is 6.92 Å². The molecule has 2 nitrogen and oxygen atoms in total. The Morgan fingerprint density at radius 1 is 1.43 bits per heavy atom. The lowest BCUT2D eigenvalue weighted by molar-refractivity contribution is -0.131. The fourth-order valence-corrected chi connectivity index (χ4v) is 2.38. The van der Waals surface area contributed by atoms with E-state index in [9.17, 15) is 9.90 Å². The van der Waals surface area contributed by atoms with Crippen molar-refractivity contribution >= 4 is 5.78 Å². The standard InChI is InChI=1S/C12H22O2/c1-3-6-9(2)12(14)10-7-4-5-8-11(10)13/h9-11,13H,3-8H2,1-2H3. The van der Waals surface area contributed by atoms with Crippen molar-refractivity contribution in [3.05, 3.63) is 0 Å². The van der Waals surface area contributed by atoms with Crippen LogP contribution in [0, 0.1) is 11.8 Å². The summed E-state index contributed by atoms with van der Waals surface area (Å²) < 4.78 is 0. The molecule has 3 unspecified atom stereocenters. The second-order valence-corrected chi connectivity index (χ2v) is 4.55. The average molecular weight is 198 g/mol. The highest BCUT2D eigenvalue weighted by Crippen LogP contribution is 2.28. The lowest BCUT2D eigenvalue weighted by Gasteiger charge is -2.28. The molecule has 0 heterocycles. The zero-order chi connectivity index (χ0) is 10.6. The molecule has 2 heteroatoms. The van der Waals surface area contributed by atoms with Crippen LogP contribution in [0.25, 0.3) is 0 Å². The fraction of sp³-hybridized carbons (Fsp3) is 0.917. The highest BCUT2D eigenvalue weighted by atomic mass is 16.3. The zero-order valence-corrected chi connectivity index (χ0v) is 9.33. The van der Waals surface area contributed by atoms with Gasteiger partial charge in [0.1, 0.15) is 5.78 Å². The minimum Gasteiger partial charge on any atom is -0.392 e. The number of aliphatic hydroxyl groups is 1. The molecular formula is C12H22O2. The molecule has 0 bridgehead atoms. The summed E-state index contributed by atoms with van der Waals surface area (Å²) in [5.41, 5.74) is 0. The summed E-state index contributed by atoms with van der Waals surface area (Å²) in [6.07, 6.45) is 5.54. The third-order valence-electron chi connectivity index (χ3n) is 3.30. The topological polar surface area (TPSA) is 37.3 Å². The predicted molar refractivity (Wildman–Crippen MR) is 57.0 cm³/mol. The molecule has 1 aliphatic carbocycles. The van der Waals surface area contributed by atoms with E-state index >= 15 is 0 Å². The number of ketones is 1. The molecule has 0 spiro atoms. The second kappa shape index (κ2) is 5.50. The lowest BCUT2D eigenvalue weighted by Crippen LogP contribution is -2.34. The van der Waals surface area contributed by atoms with Crippen molar-refractivity contribution in [1.29, 1.82) is 0 Å². The van der Waals surface area contributed by atoms with E-state index in [1.54, 1.807) is 0 Å². The first-order chi connectivity index (χ1) is 6.66. The number of hydrogen-bond donors (Lipinski definition) is 1. The number of aliphatic hydroxyl groups excluding tert-OH is 1. The maximum absolute atomic E-state index is 11.9. The van der Waals surface area contributed by atoms with Crippen molar-refractivity contribution in [2.45, 2.75) is 58.5 Å². The van der Waals surface area contributed by atoms with E-state index in [-0.39, 0.29) is 17.9 Å². The molecule has 1 rings (SSSR count). The second-order valence-electron chi connectivity index (χ2n) is 4.55. The van der Waals surface area contributed by atoms with Crippen LogP contribution in [-0.2, 0) is 4.79 Å². The Morgan fingerprint density at radius 2 is 2.07 bits per heavy atom. The van der Waals surface area contributed by atoms with Crippen LogP contribution < -0.4 is 0 Å². The number of carbonyl (C=O) groups is 1. The number of rotatable bonds is 4. The molecule has 0 radical (unpaired) electrons. The van der Waals surface area contributed by atoms with Gasteiger partial charge in [-0.25, -0.2) is 0 Å². The molecule has 1 saturated carbocycles. The van der Waals surface area contributed by atoms with E-state index in [4.69, 9.17) is 0 Å². The maximum Gasteiger partial charge on any atom is 0.141 e. The van der Waals surface area contributed by atoms with Crippen molar-refractivity contribution in [2.75, 3.05) is 0 Å². The summed E-state index contributed by atoms with van der Waals surface area (Å²) >= 11 is 0. The number of carbonyl (C=O) groups excluding carboxylic acids is 1. The van der Waals surface area contributed by atoms with Crippen molar-refractivity contribution < 1.29 is 9.90 Å². The Hall–Kier alpha value is -0.370. The molecule has 1 aliphatic rings. The Balaban J connectivity index is 2.49. The van der Waals surface area contributed by atoms with E-state index < -0.39 is 0 Å². The Morgan fingerprint density at radius 3 is 2.64 bits per heavy atom. The van der Waals surface area contributed by atoms with Crippen molar-refractivity contribution in [3.63, 3.8) is 0 Å². The first-order valence-electron chi connectivity index (χ1n) is 5.88. The Kier molecular flexibility index (Phi) is 4.59. The molecule has 0 aromatic rings. The quantitative estimate of drug-likeness (QED) is 0.753. The van der Waals surface area contributed by atoms with Crippen LogP contribution in [0.4, 0.5) is 0 Å². The molecule has 3 atom stereocenters. The molecule has 0 saturated heterocycles. The van der Waals surface area contributed by atoms with Gasteiger partial charge in [0.25, 0.3) is 0 Å². The Labute approximate surface area is 86.7 Å². The van der Waals surface area contributed by atoms with E-state index in [0.717, 1.165) is 38.5 Å². The molecular weight excluding hydrogens is 176 g/mol. The van der Waals surface area contributed by atoms with Crippen molar-refractivity contribution in [1.82, 2.24) is 0 Å². The van der Waals surface area contributed by atoms with Gasteiger partial charge in [-0.1, -0.05) is 33.1 Å². The summed E-state index contributed by atoms with van der Waals surface area (Å²) in [5.74, 6) is 0.363. The maximum atomic E-state index is 11.9. The summed E-state index contributed by atoms with van der Waals surface area (Å²) in [6, 6.07) is 0. The molecule has 0 aromatic carbocycles. The third kappa shape index (κ3) is 2.81. The largest absolute Gasteiger partial charge is 0.392 e. The first kappa shape index (κ1) is 11.7. The summed E-state index contributed by atoms with van der Waals surface area (Å²) in [5, 5.41) is 9.74. The molecule has 0 aliphatic heterocycles. The molecule has 82 valence electrons. The van der Waals surface area contributed by atoms with Gasteiger partial charge in [0.05, 0.1) is 6.10 Å². The van der Waals surface area contributed by atoms with Gasteiger partial charge in [0.15, 0.2) is 0 Å². The molecule has 0 amide bonds. The summed E-state index contributed by atoms with van der Waals surface area (Å²) in [4.78, 5) is 11.9. The smallest absolute Gasteiger partial charge is 0.141 e. The van der Waals surface area contributed by atoms with Crippen LogP contribution >= 0.6 is 0 Å². The van der Waals surface area contributed by atoms with Gasteiger partial charge in [-0.3, -0.25) is 4.79 Å². The third-order valence-corrected chi connectivity index (χ3v) is 3.30. The lowest BCUT2D eigenvalue weighted by atomic mass is 9.79. The monoisotopic (exact) mass is 198 g/mol. The number of hydrogen-bond acceptors (Lipinski definition) is 2. The summed E-state index contributed by atoms with van der Waals surface area (Å²) in [6.45, 7) is 4.09. The van der Waals surface area contributed by atoms with E-state index in [2.05, 4.69) is 6.92 Å². The van der Waals surface area contributed by atoms with E-state index in [1.165, 1.54) is 0 Å². The van der Waals surface area contributed by atoms with Crippen molar-refractivity contribution in [3.8, 4) is 0 Å². The van der Waals surface area contributed by atoms with Gasteiger partial charge in [-0.15, -0.1) is 0 Å².